The highest BCUT2D eigenvalue weighted by molar-refractivity contribution is 7.71. The summed E-state index contributed by atoms with van der Waals surface area (Å²) < 4.78 is 10.3. The number of thiazole rings is 1. The van der Waals surface area contributed by atoms with Crippen LogP contribution in [0.25, 0.3) is 10.8 Å². The summed E-state index contributed by atoms with van der Waals surface area (Å²) in [7, 11) is 1.62. The number of nitrogens with one attached hydrogen (secondary N) is 1. The number of aromatic nitrogens is 3. The molecule has 0 atom stereocenters. The van der Waals surface area contributed by atoms with Crippen molar-refractivity contribution < 1.29 is 9.15 Å². The van der Waals surface area contributed by atoms with Gasteiger partial charge in [-0.25, -0.2) is 10.1 Å². The molecule has 0 amide bonds. The van der Waals surface area contributed by atoms with Crippen LogP contribution in [0.15, 0.2) is 4.42 Å². The van der Waals surface area contributed by atoms with Crippen molar-refractivity contribution in [3.63, 3.8) is 0 Å². The van der Waals surface area contributed by atoms with Gasteiger partial charge in [-0.3, -0.25) is 0 Å². The number of aromatic amines is 1. The summed E-state index contributed by atoms with van der Waals surface area (Å²) in [5.74, 6) is 0.470. The summed E-state index contributed by atoms with van der Waals surface area (Å²) in [5, 5.41) is 7.49. The van der Waals surface area contributed by atoms with Crippen LogP contribution in [-0.4, -0.2) is 22.3 Å². The molecular weight excluding hydrogens is 234 g/mol. The van der Waals surface area contributed by atoms with E-state index in [0.29, 0.717) is 12.5 Å². The van der Waals surface area contributed by atoms with Crippen LogP contribution in [-0.2, 0) is 11.3 Å². The number of hydrogen-bond acceptors (Lipinski definition) is 6. The third kappa shape index (κ3) is 2.14. The van der Waals surface area contributed by atoms with Crippen molar-refractivity contribution in [3.05, 3.63) is 15.5 Å². The fourth-order valence-corrected chi connectivity index (χ4v) is 2.17. The van der Waals surface area contributed by atoms with Gasteiger partial charge in [0.25, 0.3) is 10.7 Å². The first-order valence-corrected chi connectivity index (χ1v) is 5.44. The number of methoxy groups -OCH3 is 1. The average Bonchev–Trinajstić information content (AvgIpc) is 2.73. The molecule has 2 aromatic heterocycles. The monoisotopic (exact) mass is 243 g/mol. The maximum Gasteiger partial charge on any atom is 0.284 e. The molecular formula is C8H9N3O2S2. The Labute approximate surface area is 95.1 Å². The van der Waals surface area contributed by atoms with Crippen molar-refractivity contribution in [1.82, 2.24) is 15.2 Å². The highest BCUT2D eigenvalue weighted by Gasteiger charge is 2.15. The van der Waals surface area contributed by atoms with E-state index < -0.39 is 0 Å². The van der Waals surface area contributed by atoms with E-state index in [1.54, 1.807) is 7.11 Å². The molecule has 0 aliphatic rings. The molecule has 1 N–H and O–H groups in total. The Kier molecular flexibility index (Phi) is 2.94. The van der Waals surface area contributed by atoms with Gasteiger partial charge in [0.2, 0.25) is 0 Å². The minimum atomic E-state index is 0.263. The van der Waals surface area contributed by atoms with Crippen LogP contribution < -0.4 is 0 Å². The Balaban J connectivity index is 2.46. The molecule has 0 aliphatic carbocycles. The van der Waals surface area contributed by atoms with E-state index in [2.05, 4.69) is 15.2 Å². The first-order chi connectivity index (χ1) is 7.20. The molecule has 0 aromatic carbocycles. The molecule has 5 nitrogen and oxygen atoms in total. The van der Waals surface area contributed by atoms with Gasteiger partial charge in [0, 0.05) is 7.11 Å². The largest absolute Gasteiger partial charge is 0.408 e. The van der Waals surface area contributed by atoms with Gasteiger partial charge < -0.3 is 9.15 Å². The molecule has 0 unspecified atom stereocenters. The minimum absolute atomic E-state index is 0.263. The van der Waals surface area contributed by atoms with Crippen LogP contribution in [0.2, 0.25) is 0 Å². The van der Waals surface area contributed by atoms with Crippen molar-refractivity contribution in [1.29, 1.82) is 0 Å². The lowest BCUT2D eigenvalue weighted by Gasteiger charge is -1.95. The Morgan fingerprint density at radius 2 is 2.40 bits per heavy atom. The van der Waals surface area contributed by atoms with E-state index in [1.165, 1.54) is 11.3 Å². The first kappa shape index (κ1) is 10.5. The van der Waals surface area contributed by atoms with Gasteiger partial charge in [0.15, 0.2) is 0 Å². The second-order valence-electron chi connectivity index (χ2n) is 2.86. The van der Waals surface area contributed by atoms with Gasteiger partial charge in [0.1, 0.15) is 4.88 Å². The Hall–Kier alpha value is -1.05. The first-order valence-electron chi connectivity index (χ1n) is 4.22. The molecule has 0 bridgehead atoms. The molecule has 0 aliphatic heterocycles. The highest BCUT2D eigenvalue weighted by atomic mass is 32.1. The summed E-state index contributed by atoms with van der Waals surface area (Å²) in [5.41, 5.74) is 0.824. The van der Waals surface area contributed by atoms with Crippen molar-refractivity contribution in [3.8, 4) is 10.8 Å². The zero-order valence-electron chi connectivity index (χ0n) is 8.23. The second-order valence-corrected chi connectivity index (χ2v) is 4.43. The molecule has 0 fully saturated rings. The summed E-state index contributed by atoms with van der Waals surface area (Å²) in [4.78, 5) is 5.46. The fraction of sp³-hybridized carbons (Fsp3) is 0.375. The van der Waals surface area contributed by atoms with Crippen LogP contribution in [0.4, 0.5) is 0 Å². The number of rotatable bonds is 3. The zero-order valence-corrected chi connectivity index (χ0v) is 9.87. The van der Waals surface area contributed by atoms with Gasteiger partial charge in [-0.2, -0.15) is 0 Å². The third-order valence-corrected chi connectivity index (χ3v) is 2.89. The van der Waals surface area contributed by atoms with Gasteiger partial charge >= 0.3 is 0 Å². The van der Waals surface area contributed by atoms with Crippen LogP contribution >= 0.6 is 23.6 Å². The average molecular weight is 243 g/mol. The third-order valence-electron chi connectivity index (χ3n) is 1.72. The highest BCUT2D eigenvalue weighted by Crippen LogP contribution is 2.28. The van der Waals surface area contributed by atoms with Crippen molar-refractivity contribution in [2.45, 2.75) is 13.5 Å². The Morgan fingerprint density at radius 3 is 3.00 bits per heavy atom. The normalized spacial score (nSPS) is 10.8. The van der Waals surface area contributed by atoms with Crippen LogP contribution in [0.1, 0.15) is 10.7 Å². The lowest BCUT2D eigenvalue weighted by atomic mass is 10.4. The van der Waals surface area contributed by atoms with Crippen molar-refractivity contribution in [2.24, 2.45) is 0 Å². The lowest BCUT2D eigenvalue weighted by Crippen LogP contribution is -1.90. The molecule has 0 saturated carbocycles. The van der Waals surface area contributed by atoms with Gasteiger partial charge in [-0.1, -0.05) is 0 Å². The maximum absolute atomic E-state index is 5.23. The predicted octanol–water partition coefficient (Wildman–Crippen LogP) is 2.31. The topological polar surface area (TPSA) is 63.9 Å². The van der Waals surface area contributed by atoms with Crippen molar-refractivity contribution >= 4 is 23.6 Å². The number of nitrogens with zero attached hydrogens (tertiary/aromatic N) is 2. The zero-order chi connectivity index (χ0) is 10.8. The Bertz CT molecular complexity index is 514. The molecule has 2 aromatic rings. The minimum Gasteiger partial charge on any atom is -0.408 e. The van der Waals surface area contributed by atoms with Gasteiger partial charge in [0.05, 0.1) is 17.3 Å². The maximum atomic E-state index is 5.23. The Morgan fingerprint density at radius 1 is 1.60 bits per heavy atom. The lowest BCUT2D eigenvalue weighted by molar-refractivity contribution is 0.182. The standard InChI is InChI=1S/C8H9N3O2S2/c1-4-9-5(3-12-2)6(15-4)7-10-11-8(14)13-7/h3H2,1-2H3,(H,11,14). The van der Waals surface area contributed by atoms with E-state index in [4.69, 9.17) is 21.4 Å². The number of H-pyrrole nitrogens is 1. The van der Waals surface area contributed by atoms with Crippen molar-refractivity contribution in [2.75, 3.05) is 7.11 Å². The van der Waals surface area contributed by atoms with E-state index in [1.807, 2.05) is 6.92 Å². The predicted molar refractivity (Wildman–Crippen MR) is 58.2 cm³/mol. The quantitative estimate of drug-likeness (QED) is 0.838. The van der Waals surface area contributed by atoms with E-state index in [9.17, 15) is 0 Å². The van der Waals surface area contributed by atoms with Gasteiger partial charge in [-0.15, -0.1) is 16.4 Å². The molecule has 2 rings (SSSR count). The number of aryl methyl sites for hydroxylation is 1. The van der Waals surface area contributed by atoms with Crippen LogP contribution in [0.3, 0.4) is 0 Å². The SMILES string of the molecule is COCc1nc(C)sc1-c1n[nH]c(=S)o1. The molecule has 0 saturated heterocycles. The molecule has 2 heterocycles. The summed E-state index contributed by atoms with van der Waals surface area (Å²) in [6.45, 7) is 2.36. The van der Waals surface area contributed by atoms with Gasteiger partial charge in [-0.05, 0) is 19.1 Å². The molecule has 0 radical (unpaired) electrons. The fourth-order valence-electron chi connectivity index (χ4n) is 1.20. The second kappa shape index (κ2) is 4.21. The smallest absolute Gasteiger partial charge is 0.284 e. The number of ether oxygens (including phenoxy) is 1. The molecule has 7 heteroatoms. The molecule has 15 heavy (non-hydrogen) atoms. The molecule has 80 valence electrons. The summed E-state index contributed by atoms with van der Waals surface area (Å²) >= 11 is 6.32. The van der Waals surface area contributed by atoms with E-state index in [-0.39, 0.29) is 4.84 Å². The summed E-state index contributed by atoms with van der Waals surface area (Å²) in [6, 6.07) is 0. The van der Waals surface area contributed by atoms with E-state index >= 15 is 0 Å². The van der Waals surface area contributed by atoms with E-state index in [0.717, 1.165) is 15.6 Å². The summed E-state index contributed by atoms with van der Waals surface area (Å²) in [6.07, 6.45) is 0. The van der Waals surface area contributed by atoms with Crippen LogP contribution in [0.5, 0.6) is 0 Å². The molecule has 0 spiro atoms. The van der Waals surface area contributed by atoms with Crippen LogP contribution in [0, 0.1) is 11.8 Å². The number of hydrogen-bond donors (Lipinski definition) is 1.